The van der Waals surface area contributed by atoms with Gasteiger partial charge in [-0.1, -0.05) is 31.5 Å². The third-order valence-electron chi connectivity index (χ3n) is 3.49. The van der Waals surface area contributed by atoms with Crippen LogP contribution in [-0.2, 0) is 6.54 Å². The van der Waals surface area contributed by atoms with Crippen molar-refractivity contribution < 1.29 is 5.11 Å². The summed E-state index contributed by atoms with van der Waals surface area (Å²) in [6.45, 7) is 3.90. The summed E-state index contributed by atoms with van der Waals surface area (Å²) in [5.41, 5.74) is 0.958. The van der Waals surface area contributed by atoms with Crippen LogP contribution in [0.3, 0.4) is 0 Å². The predicted octanol–water partition coefficient (Wildman–Crippen LogP) is 1.55. The molecule has 2 rings (SSSR count). The van der Waals surface area contributed by atoms with E-state index in [1.165, 1.54) is 0 Å². The molecule has 2 aromatic rings. The maximum atomic E-state index is 9.08. The van der Waals surface area contributed by atoms with Gasteiger partial charge in [-0.15, -0.1) is 5.10 Å². The fraction of sp³-hybridized carbons (Fsp3) is 0.533. The van der Waals surface area contributed by atoms with Crippen LogP contribution in [0.4, 0.5) is 0 Å². The highest BCUT2D eigenvalue weighted by molar-refractivity contribution is 5.30. The molecule has 0 saturated heterocycles. The van der Waals surface area contributed by atoms with Crippen molar-refractivity contribution in [2.75, 3.05) is 13.2 Å². The van der Waals surface area contributed by atoms with E-state index in [4.69, 9.17) is 5.11 Å². The zero-order chi connectivity index (χ0) is 14.9. The van der Waals surface area contributed by atoms with Crippen molar-refractivity contribution in [3.8, 4) is 5.69 Å². The van der Waals surface area contributed by atoms with Crippen LogP contribution in [0.5, 0.6) is 0 Å². The van der Waals surface area contributed by atoms with Gasteiger partial charge in [-0.3, -0.25) is 0 Å². The molecule has 2 N–H and O–H groups in total. The average Bonchev–Trinajstić information content (AvgIpc) is 2.97. The van der Waals surface area contributed by atoms with Gasteiger partial charge < -0.3 is 10.4 Å². The molecule has 1 aromatic carbocycles. The summed E-state index contributed by atoms with van der Waals surface area (Å²) in [6.07, 6.45) is 3.09. The predicted molar refractivity (Wildman–Crippen MR) is 81.0 cm³/mol. The minimum Gasteiger partial charge on any atom is -0.396 e. The van der Waals surface area contributed by atoms with E-state index in [2.05, 4.69) is 27.8 Å². The quantitative estimate of drug-likeness (QED) is 0.732. The van der Waals surface area contributed by atoms with E-state index in [-0.39, 0.29) is 6.61 Å². The number of hydrogen-bond donors (Lipinski definition) is 2. The summed E-state index contributed by atoms with van der Waals surface area (Å²) in [7, 11) is 0. The standard InChI is InChI=1S/C15H23N5O/c1-2-6-13(9-10-21)11-16-12-15-17-18-19-20(15)14-7-4-3-5-8-14/h3-5,7-8,13,16,21H,2,6,9-12H2,1H3. The number of aliphatic hydroxyl groups is 1. The Labute approximate surface area is 125 Å². The number of tetrazole rings is 1. The normalized spacial score (nSPS) is 12.5. The van der Waals surface area contributed by atoms with Crippen molar-refractivity contribution in [2.24, 2.45) is 5.92 Å². The molecule has 1 aromatic heterocycles. The number of nitrogens with one attached hydrogen (secondary N) is 1. The number of rotatable bonds is 9. The van der Waals surface area contributed by atoms with Gasteiger partial charge >= 0.3 is 0 Å². The van der Waals surface area contributed by atoms with Crippen molar-refractivity contribution in [1.29, 1.82) is 0 Å². The summed E-state index contributed by atoms with van der Waals surface area (Å²) in [5, 5.41) is 24.3. The molecular formula is C15H23N5O. The molecule has 0 fully saturated rings. The molecule has 0 aliphatic heterocycles. The van der Waals surface area contributed by atoms with Gasteiger partial charge in [0, 0.05) is 6.61 Å². The molecule has 1 atom stereocenters. The summed E-state index contributed by atoms with van der Waals surface area (Å²) in [4.78, 5) is 0. The first-order valence-electron chi connectivity index (χ1n) is 7.49. The highest BCUT2D eigenvalue weighted by Crippen LogP contribution is 2.10. The Morgan fingerprint density at radius 2 is 2.05 bits per heavy atom. The minimum atomic E-state index is 0.244. The van der Waals surface area contributed by atoms with Crippen LogP contribution in [0.25, 0.3) is 5.69 Å². The number of para-hydroxylation sites is 1. The van der Waals surface area contributed by atoms with E-state index in [1.54, 1.807) is 4.68 Å². The lowest BCUT2D eigenvalue weighted by Gasteiger charge is -2.15. The Hall–Kier alpha value is -1.79. The van der Waals surface area contributed by atoms with Crippen LogP contribution in [0.1, 0.15) is 32.0 Å². The van der Waals surface area contributed by atoms with E-state index in [0.29, 0.717) is 12.5 Å². The summed E-state index contributed by atoms with van der Waals surface area (Å²) >= 11 is 0. The van der Waals surface area contributed by atoms with Crippen LogP contribution in [0.15, 0.2) is 30.3 Å². The van der Waals surface area contributed by atoms with Crippen LogP contribution in [-0.4, -0.2) is 38.5 Å². The first-order valence-corrected chi connectivity index (χ1v) is 7.49. The van der Waals surface area contributed by atoms with Crippen molar-refractivity contribution in [2.45, 2.75) is 32.7 Å². The molecule has 0 amide bonds. The monoisotopic (exact) mass is 289 g/mol. The van der Waals surface area contributed by atoms with E-state index >= 15 is 0 Å². The zero-order valence-corrected chi connectivity index (χ0v) is 12.4. The second-order valence-electron chi connectivity index (χ2n) is 5.14. The maximum absolute atomic E-state index is 9.08. The molecule has 0 radical (unpaired) electrons. The second kappa shape index (κ2) is 8.49. The van der Waals surface area contributed by atoms with E-state index in [1.807, 2.05) is 30.3 Å². The lowest BCUT2D eigenvalue weighted by Crippen LogP contribution is -2.25. The first-order chi connectivity index (χ1) is 10.3. The smallest absolute Gasteiger partial charge is 0.170 e. The third kappa shape index (κ3) is 4.61. The van der Waals surface area contributed by atoms with E-state index in [9.17, 15) is 0 Å². The van der Waals surface area contributed by atoms with Gasteiger partial charge in [-0.05, 0) is 47.9 Å². The minimum absolute atomic E-state index is 0.244. The summed E-state index contributed by atoms with van der Waals surface area (Å²) < 4.78 is 1.74. The number of aromatic nitrogens is 4. The van der Waals surface area contributed by atoms with Crippen LogP contribution >= 0.6 is 0 Å². The van der Waals surface area contributed by atoms with Gasteiger partial charge in [0.15, 0.2) is 5.82 Å². The molecule has 0 aliphatic rings. The van der Waals surface area contributed by atoms with Crippen LogP contribution in [0.2, 0.25) is 0 Å². The lowest BCUT2D eigenvalue weighted by atomic mass is 10.0. The van der Waals surface area contributed by atoms with Crippen LogP contribution in [0, 0.1) is 5.92 Å². The average molecular weight is 289 g/mol. The topological polar surface area (TPSA) is 75.9 Å². The summed E-state index contributed by atoms with van der Waals surface area (Å²) in [5.74, 6) is 1.29. The molecule has 0 spiro atoms. The van der Waals surface area contributed by atoms with Crippen molar-refractivity contribution in [3.05, 3.63) is 36.2 Å². The highest BCUT2D eigenvalue weighted by Gasteiger charge is 2.10. The number of aliphatic hydroxyl groups excluding tert-OH is 1. The van der Waals surface area contributed by atoms with E-state index < -0.39 is 0 Å². The molecule has 0 saturated carbocycles. The fourth-order valence-electron chi connectivity index (χ4n) is 2.41. The molecule has 1 unspecified atom stereocenters. The Morgan fingerprint density at radius 3 is 2.76 bits per heavy atom. The Bertz CT molecular complexity index is 508. The molecule has 6 nitrogen and oxygen atoms in total. The van der Waals surface area contributed by atoms with Gasteiger partial charge in [0.2, 0.25) is 0 Å². The van der Waals surface area contributed by atoms with Gasteiger partial charge in [-0.2, -0.15) is 4.68 Å². The molecular weight excluding hydrogens is 266 g/mol. The summed E-state index contributed by atoms with van der Waals surface area (Å²) in [6, 6.07) is 9.85. The lowest BCUT2D eigenvalue weighted by molar-refractivity contribution is 0.247. The van der Waals surface area contributed by atoms with Crippen molar-refractivity contribution in [1.82, 2.24) is 25.5 Å². The number of benzene rings is 1. The van der Waals surface area contributed by atoms with Crippen molar-refractivity contribution >= 4 is 0 Å². The van der Waals surface area contributed by atoms with E-state index in [0.717, 1.165) is 37.3 Å². The molecule has 1 heterocycles. The number of hydrogen-bond acceptors (Lipinski definition) is 5. The van der Waals surface area contributed by atoms with Gasteiger partial charge in [-0.25, -0.2) is 0 Å². The molecule has 6 heteroatoms. The van der Waals surface area contributed by atoms with Crippen molar-refractivity contribution in [3.63, 3.8) is 0 Å². The Balaban J connectivity index is 1.91. The Morgan fingerprint density at radius 1 is 1.24 bits per heavy atom. The first kappa shape index (κ1) is 15.6. The molecule has 0 bridgehead atoms. The zero-order valence-electron chi connectivity index (χ0n) is 12.4. The third-order valence-corrected chi connectivity index (χ3v) is 3.49. The largest absolute Gasteiger partial charge is 0.396 e. The number of nitrogens with zero attached hydrogens (tertiary/aromatic N) is 4. The van der Waals surface area contributed by atoms with Crippen LogP contribution < -0.4 is 5.32 Å². The van der Waals surface area contributed by atoms with Gasteiger partial charge in [0.25, 0.3) is 0 Å². The van der Waals surface area contributed by atoms with Gasteiger partial charge in [0.05, 0.1) is 12.2 Å². The Kier molecular flexibility index (Phi) is 6.30. The molecule has 0 aliphatic carbocycles. The highest BCUT2D eigenvalue weighted by atomic mass is 16.3. The fourth-order valence-corrected chi connectivity index (χ4v) is 2.41. The molecule has 114 valence electrons. The second-order valence-corrected chi connectivity index (χ2v) is 5.14. The molecule has 21 heavy (non-hydrogen) atoms. The maximum Gasteiger partial charge on any atom is 0.170 e. The SMILES string of the molecule is CCCC(CCO)CNCc1nnnn1-c1ccccc1. The van der Waals surface area contributed by atoms with Gasteiger partial charge in [0.1, 0.15) is 0 Å².